The molecule has 0 spiro atoms. The Labute approximate surface area is 61.6 Å². The van der Waals surface area contributed by atoms with Crippen LogP contribution in [0.5, 0.6) is 0 Å². The molecule has 2 nitrogen and oxygen atoms in total. The van der Waals surface area contributed by atoms with Crippen LogP contribution in [0, 0.1) is 12.5 Å². The smallest absolute Gasteiger partial charge is 0.239 e. The third kappa shape index (κ3) is 0.819. The van der Waals surface area contributed by atoms with E-state index >= 15 is 0 Å². The van der Waals surface area contributed by atoms with Gasteiger partial charge in [0.2, 0.25) is 6.04 Å². The minimum Gasteiger partial charge on any atom is -0.312 e. The van der Waals surface area contributed by atoms with Gasteiger partial charge in [0, 0.05) is 5.92 Å². The molecular weight excluding hydrogens is 124 g/mol. The van der Waals surface area contributed by atoms with Crippen molar-refractivity contribution >= 4 is 0 Å². The molecule has 0 aliphatic carbocycles. The SMILES string of the molecule is [C-]#[N+]C1CN2CCC1CC2. The Bertz CT molecular complexity index is 163. The minimum atomic E-state index is 0.336. The number of fused-ring (bicyclic) bond motifs is 3. The predicted octanol–water partition coefficient (Wildman–Crippen LogP) is 1.000. The summed E-state index contributed by atoms with van der Waals surface area (Å²) in [6.07, 6.45) is 2.54. The number of nitrogens with zero attached hydrogens (tertiary/aromatic N) is 2. The van der Waals surface area contributed by atoms with Crippen LogP contribution in [-0.2, 0) is 0 Å². The lowest BCUT2D eigenvalue weighted by atomic mass is 9.84. The normalized spacial score (nSPS) is 44.9. The summed E-state index contributed by atoms with van der Waals surface area (Å²) in [6, 6.07) is 0.336. The molecule has 3 rings (SSSR count). The molecule has 10 heavy (non-hydrogen) atoms. The number of hydrogen-bond donors (Lipinski definition) is 0. The standard InChI is InChI=1S/C8H12N2/c1-9-8-6-10-4-2-7(8)3-5-10/h7-8H,2-6H2. The van der Waals surface area contributed by atoms with Crippen molar-refractivity contribution in [3.8, 4) is 0 Å². The third-order valence-electron chi connectivity index (χ3n) is 2.79. The molecule has 3 heterocycles. The lowest BCUT2D eigenvalue weighted by Gasteiger charge is -2.38. The van der Waals surface area contributed by atoms with E-state index in [0.717, 1.165) is 12.5 Å². The van der Waals surface area contributed by atoms with Crippen LogP contribution in [0.15, 0.2) is 0 Å². The van der Waals surface area contributed by atoms with E-state index in [1.807, 2.05) is 0 Å². The van der Waals surface area contributed by atoms with Crippen molar-refractivity contribution in [2.24, 2.45) is 5.92 Å². The van der Waals surface area contributed by atoms with Crippen LogP contribution in [0.4, 0.5) is 0 Å². The molecule has 0 radical (unpaired) electrons. The van der Waals surface area contributed by atoms with Crippen molar-refractivity contribution in [2.45, 2.75) is 18.9 Å². The molecule has 1 unspecified atom stereocenters. The van der Waals surface area contributed by atoms with E-state index in [2.05, 4.69) is 9.74 Å². The lowest BCUT2D eigenvalue weighted by Crippen LogP contribution is -2.48. The van der Waals surface area contributed by atoms with Crippen molar-refractivity contribution in [3.05, 3.63) is 11.4 Å². The molecular formula is C8H12N2. The largest absolute Gasteiger partial charge is 0.312 e. The highest BCUT2D eigenvalue weighted by Gasteiger charge is 2.37. The number of rotatable bonds is 0. The van der Waals surface area contributed by atoms with Crippen LogP contribution in [0.25, 0.3) is 4.85 Å². The summed E-state index contributed by atoms with van der Waals surface area (Å²) in [4.78, 5) is 6.06. The van der Waals surface area contributed by atoms with Gasteiger partial charge in [0.05, 0.1) is 6.54 Å². The first-order valence-corrected chi connectivity index (χ1v) is 3.99. The maximum atomic E-state index is 6.95. The number of piperidine rings is 3. The molecule has 1 atom stereocenters. The molecule has 3 fully saturated rings. The maximum Gasteiger partial charge on any atom is 0.239 e. The van der Waals surface area contributed by atoms with E-state index in [4.69, 9.17) is 6.57 Å². The Balaban J connectivity index is 2.09. The Kier molecular flexibility index (Phi) is 1.39. The van der Waals surface area contributed by atoms with Crippen molar-refractivity contribution in [1.29, 1.82) is 0 Å². The Morgan fingerprint density at radius 3 is 2.30 bits per heavy atom. The van der Waals surface area contributed by atoms with Crippen LogP contribution < -0.4 is 0 Å². The molecule has 3 aliphatic rings. The van der Waals surface area contributed by atoms with E-state index in [0.29, 0.717) is 6.04 Å². The van der Waals surface area contributed by atoms with Gasteiger partial charge < -0.3 is 4.85 Å². The third-order valence-corrected chi connectivity index (χ3v) is 2.79. The first kappa shape index (κ1) is 6.18. The van der Waals surface area contributed by atoms with E-state index in [1.54, 1.807) is 0 Å². The first-order valence-electron chi connectivity index (χ1n) is 3.99. The van der Waals surface area contributed by atoms with E-state index < -0.39 is 0 Å². The highest BCUT2D eigenvalue weighted by Crippen LogP contribution is 2.29. The second-order valence-corrected chi connectivity index (χ2v) is 3.33. The lowest BCUT2D eigenvalue weighted by molar-refractivity contribution is 0.104. The molecule has 0 aromatic rings. The van der Waals surface area contributed by atoms with Gasteiger partial charge in [0.1, 0.15) is 0 Å². The Morgan fingerprint density at radius 2 is 2.00 bits per heavy atom. The molecule has 0 saturated carbocycles. The molecule has 0 amide bonds. The van der Waals surface area contributed by atoms with Crippen molar-refractivity contribution < 1.29 is 0 Å². The summed E-state index contributed by atoms with van der Waals surface area (Å²) >= 11 is 0. The van der Waals surface area contributed by atoms with Gasteiger partial charge in [-0.05, 0) is 25.9 Å². The molecule has 3 aliphatic heterocycles. The van der Waals surface area contributed by atoms with Gasteiger partial charge in [-0.2, -0.15) is 0 Å². The fraction of sp³-hybridized carbons (Fsp3) is 0.875. The van der Waals surface area contributed by atoms with Crippen molar-refractivity contribution in [1.82, 2.24) is 4.90 Å². The summed E-state index contributed by atoms with van der Waals surface area (Å²) in [5.41, 5.74) is 0. The molecule has 0 aromatic heterocycles. The summed E-state index contributed by atoms with van der Waals surface area (Å²) in [7, 11) is 0. The van der Waals surface area contributed by atoms with E-state index in [9.17, 15) is 0 Å². The average Bonchev–Trinajstić information content (AvgIpc) is 2.06. The zero-order chi connectivity index (χ0) is 6.97. The van der Waals surface area contributed by atoms with Crippen molar-refractivity contribution in [2.75, 3.05) is 19.6 Å². The molecule has 0 aromatic carbocycles. The fourth-order valence-electron chi connectivity index (χ4n) is 2.08. The minimum absolute atomic E-state index is 0.336. The number of hydrogen-bond acceptors (Lipinski definition) is 1. The van der Waals surface area contributed by atoms with Crippen LogP contribution in [-0.4, -0.2) is 30.6 Å². The summed E-state index contributed by atoms with van der Waals surface area (Å²) in [5, 5.41) is 0. The molecule has 3 saturated heterocycles. The van der Waals surface area contributed by atoms with E-state index in [1.165, 1.54) is 25.9 Å². The zero-order valence-corrected chi connectivity index (χ0v) is 6.08. The van der Waals surface area contributed by atoms with Gasteiger partial charge >= 0.3 is 0 Å². The highest BCUT2D eigenvalue weighted by molar-refractivity contribution is 4.96. The Hall–Kier alpha value is -0.550. The van der Waals surface area contributed by atoms with Crippen molar-refractivity contribution in [3.63, 3.8) is 0 Å². The van der Waals surface area contributed by atoms with E-state index in [-0.39, 0.29) is 0 Å². The quantitative estimate of drug-likeness (QED) is 0.451. The predicted molar refractivity (Wildman–Crippen MR) is 39.6 cm³/mol. The van der Waals surface area contributed by atoms with Crippen LogP contribution >= 0.6 is 0 Å². The maximum absolute atomic E-state index is 6.95. The molecule has 0 N–H and O–H groups in total. The van der Waals surface area contributed by atoms with Gasteiger partial charge in [-0.3, -0.25) is 4.90 Å². The van der Waals surface area contributed by atoms with Gasteiger partial charge in [-0.1, -0.05) is 0 Å². The van der Waals surface area contributed by atoms with Crippen LogP contribution in [0.1, 0.15) is 12.8 Å². The Morgan fingerprint density at radius 1 is 1.30 bits per heavy atom. The first-order chi connectivity index (χ1) is 4.90. The van der Waals surface area contributed by atoms with Crippen LogP contribution in [0.2, 0.25) is 0 Å². The second kappa shape index (κ2) is 2.25. The average molecular weight is 136 g/mol. The second-order valence-electron chi connectivity index (χ2n) is 3.33. The van der Waals surface area contributed by atoms with Gasteiger partial charge in [-0.25, -0.2) is 6.57 Å². The highest BCUT2D eigenvalue weighted by atomic mass is 15.2. The molecule has 54 valence electrons. The van der Waals surface area contributed by atoms with Gasteiger partial charge in [0.15, 0.2) is 0 Å². The topological polar surface area (TPSA) is 7.60 Å². The summed E-state index contributed by atoms with van der Waals surface area (Å²) < 4.78 is 0. The van der Waals surface area contributed by atoms with Crippen LogP contribution in [0.3, 0.4) is 0 Å². The summed E-state index contributed by atoms with van der Waals surface area (Å²) in [6.45, 7) is 10.5. The van der Waals surface area contributed by atoms with Gasteiger partial charge in [-0.15, -0.1) is 0 Å². The summed E-state index contributed by atoms with van der Waals surface area (Å²) in [5.74, 6) is 0.738. The zero-order valence-electron chi connectivity index (χ0n) is 6.08. The van der Waals surface area contributed by atoms with Gasteiger partial charge in [0.25, 0.3) is 0 Å². The monoisotopic (exact) mass is 136 g/mol. The fourth-order valence-corrected chi connectivity index (χ4v) is 2.08. The molecule has 2 heteroatoms. The molecule has 2 bridgehead atoms.